The number of carbonyl (C=O) groups excluding carboxylic acids is 3. The minimum absolute atomic E-state index is 0.0883. The molecule has 8 nitrogen and oxygen atoms in total. The topological polar surface area (TPSA) is 109 Å². The molecule has 1 atom stereocenters. The molecular weight excluding hydrogens is 394 g/mol. The Labute approximate surface area is 182 Å². The molecule has 2 aromatic rings. The van der Waals surface area contributed by atoms with Crippen LogP contribution in [0.5, 0.6) is 0 Å². The van der Waals surface area contributed by atoms with Gasteiger partial charge in [-0.05, 0) is 36.4 Å². The van der Waals surface area contributed by atoms with Crippen molar-refractivity contribution in [3.8, 4) is 0 Å². The number of benzene rings is 2. The number of amides is 3. The van der Waals surface area contributed by atoms with Crippen LogP contribution in [0.4, 0.5) is 11.4 Å². The number of quaternary nitrogens is 1. The van der Waals surface area contributed by atoms with Crippen molar-refractivity contribution in [2.75, 3.05) is 43.9 Å². The van der Waals surface area contributed by atoms with Gasteiger partial charge in [-0.3, -0.25) is 14.4 Å². The third-order valence-electron chi connectivity index (χ3n) is 5.65. The third kappa shape index (κ3) is 5.82. The first kappa shape index (κ1) is 22.3. The van der Waals surface area contributed by atoms with Crippen LogP contribution in [0, 0.1) is 0 Å². The van der Waals surface area contributed by atoms with Gasteiger partial charge in [-0.15, -0.1) is 0 Å². The Bertz CT molecular complexity index is 919. The van der Waals surface area contributed by atoms with Gasteiger partial charge in [-0.2, -0.15) is 0 Å². The zero-order chi connectivity index (χ0) is 22.4. The van der Waals surface area contributed by atoms with Crippen LogP contribution in [0.3, 0.4) is 0 Å². The van der Waals surface area contributed by atoms with E-state index in [2.05, 4.69) is 34.9 Å². The molecule has 0 radical (unpaired) electrons. The lowest BCUT2D eigenvalue weighted by atomic mass is 10.0. The molecule has 0 bridgehead atoms. The minimum Gasteiger partial charge on any atom is -0.378 e. The van der Waals surface area contributed by atoms with Crippen LogP contribution in [-0.2, 0) is 9.59 Å². The Morgan fingerprint density at radius 2 is 1.58 bits per heavy atom. The van der Waals surface area contributed by atoms with E-state index in [1.165, 1.54) is 29.2 Å². The fourth-order valence-corrected chi connectivity index (χ4v) is 3.86. The van der Waals surface area contributed by atoms with E-state index in [-0.39, 0.29) is 6.04 Å². The number of nitrogens with two attached hydrogens (primary N) is 1. The highest BCUT2D eigenvalue weighted by Crippen LogP contribution is 2.17. The van der Waals surface area contributed by atoms with Crippen molar-refractivity contribution in [1.29, 1.82) is 0 Å². The first-order valence-electron chi connectivity index (χ1n) is 10.5. The normalized spacial score (nSPS) is 14.6. The smallest absolute Gasteiger partial charge is 0.313 e. The first-order valence-corrected chi connectivity index (χ1v) is 10.5. The number of nitrogens with zero attached hydrogens (tertiary/aromatic N) is 1. The molecule has 0 aromatic heterocycles. The van der Waals surface area contributed by atoms with Gasteiger partial charge in [0.1, 0.15) is 6.04 Å². The van der Waals surface area contributed by atoms with Crippen molar-refractivity contribution in [1.82, 2.24) is 5.32 Å². The number of hydrogen-bond acceptors (Lipinski definition) is 4. The molecule has 3 amide bonds. The highest BCUT2D eigenvalue weighted by Gasteiger charge is 2.28. The molecule has 1 fully saturated rings. The molecule has 5 N–H and O–H groups in total. The predicted octanol–water partition coefficient (Wildman–Crippen LogP) is 0.326. The maximum absolute atomic E-state index is 12.4. The third-order valence-corrected chi connectivity index (χ3v) is 5.65. The van der Waals surface area contributed by atoms with Crippen LogP contribution in [0.2, 0.25) is 0 Å². The number of nitrogens with one attached hydrogen (secondary N) is 3. The molecular formula is C23H30N5O3+. The highest BCUT2D eigenvalue weighted by atomic mass is 16.2. The summed E-state index contributed by atoms with van der Waals surface area (Å²) >= 11 is 0. The van der Waals surface area contributed by atoms with Gasteiger partial charge in [0.2, 0.25) is 5.91 Å². The molecule has 1 saturated heterocycles. The number of likely N-dealkylation sites (tertiary alicyclic amines) is 1. The summed E-state index contributed by atoms with van der Waals surface area (Å²) in [7, 11) is 4.00. The average Bonchev–Trinajstić information content (AvgIpc) is 3.29. The van der Waals surface area contributed by atoms with Gasteiger partial charge in [0, 0.05) is 49.4 Å². The zero-order valence-electron chi connectivity index (χ0n) is 18.0. The highest BCUT2D eigenvalue weighted by molar-refractivity contribution is 6.39. The molecule has 31 heavy (non-hydrogen) atoms. The second-order valence-corrected chi connectivity index (χ2v) is 8.01. The van der Waals surface area contributed by atoms with E-state index in [9.17, 15) is 14.4 Å². The summed E-state index contributed by atoms with van der Waals surface area (Å²) in [6.07, 6.45) is 2.33. The van der Waals surface area contributed by atoms with E-state index in [1.807, 2.05) is 19.0 Å². The molecule has 164 valence electrons. The Kier molecular flexibility index (Phi) is 7.25. The fourth-order valence-electron chi connectivity index (χ4n) is 3.86. The van der Waals surface area contributed by atoms with Crippen LogP contribution in [0.1, 0.15) is 34.8 Å². The summed E-state index contributed by atoms with van der Waals surface area (Å²) < 4.78 is 0. The van der Waals surface area contributed by atoms with E-state index in [0.717, 1.165) is 37.2 Å². The van der Waals surface area contributed by atoms with Gasteiger partial charge in [0.25, 0.3) is 0 Å². The van der Waals surface area contributed by atoms with Gasteiger partial charge in [-0.1, -0.05) is 12.1 Å². The summed E-state index contributed by atoms with van der Waals surface area (Å²) in [6, 6.07) is 14.5. The second-order valence-electron chi connectivity index (χ2n) is 8.01. The molecule has 1 aliphatic heterocycles. The van der Waals surface area contributed by atoms with Gasteiger partial charge in [-0.25, -0.2) is 0 Å². The summed E-state index contributed by atoms with van der Waals surface area (Å²) in [6.45, 7) is 2.48. The van der Waals surface area contributed by atoms with E-state index in [1.54, 1.807) is 0 Å². The van der Waals surface area contributed by atoms with Gasteiger partial charge in [0.05, 0.1) is 19.6 Å². The first-order chi connectivity index (χ1) is 14.8. The van der Waals surface area contributed by atoms with Crippen LogP contribution in [0.25, 0.3) is 0 Å². The van der Waals surface area contributed by atoms with Crippen molar-refractivity contribution < 1.29 is 19.3 Å². The zero-order valence-corrected chi connectivity index (χ0v) is 18.0. The summed E-state index contributed by atoms with van der Waals surface area (Å²) in [5, 5.41) is 5.33. The number of hydrogen-bond donors (Lipinski definition) is 4. The van der Waals surface area contributed by atoms with Crippen molar-refractivity contribution in [2.24, 2.45) is 5.73 Å². The quantitative estimate of drug-likeness (QED) is 0.480. The second kappa shape index (κ2) is 10.1. The summed E-state index contributed by atoms with van der Waals surface area (Å²) in [5.41, 5.74) is 8.22. The van der Waals surface area contributed by atoms with Crippen molar-refractivity contribution in [3.63, 3.8) is 0 Å². The Hall–Kier alpha value is -3.39. The molecule has 0 spiro atoms. The van der Waals surface area contributed by atoms with Gasteiger partial charge < -0.3 is 26.2 Å². The number of carbonyl (C=O) groups is 3. The maximum atomic E-state index is 12.4. The molecule has 1 heterocycles. The minimum atomic E-state index is -0.745. The van der Waals surface area contributed by atoms with Crippen molar-refractivity contribution in [3.05, 3.63) is 59.7 Å². The fraction of sp³-hybridized carbons (Fsp3) is 0.348. The van der Waals surface area contributed by atoms with E-state index < -0.39 is 17.7 Å². The number of rotatable bonds is 7. The Morgan fingerprint density at radius 1 is 0.968 bits per heavy atom. The van der Waals surface area contributed by atoms with Crippen LogP contribution in [0.15, 0.2) is 48.5 Å². The Balaban J connectivity index is 1.62. The predicted molar refractivity (Wildman–Crippen MR) is 120 cm³/mol. The Morgan fingerprint density at radius 3 is 2.13 bits per heavy atom. The van der Waals surface area contributed by atoms with Crippen LogP contribution < -0.4 is 26.2 Å². The molecule has 3 rings (SSSR count). The van der Waals surface area contributed by atoms with E-state index in [0.29, 0.717) is 17.8 Å². The lowest BCUT2D eigenvalue weighted by Gasteiger charge is -2.25. The van der Waals surface area contributed by atoms with Crippen LogP contribution in [-0.4, -0.2) is 51.5 Å². The lowest BCUT2D eigenvalue weighted by Crippen LogP contribution is -3.11. The molecule has 1 aliphatic rings. The van der Waals surface area contributed by atoms with Crippen molar-refractivity contribution in [2.45, 2.75) is 18.9 Å². The number of primary amides is 1. The van der Waals surface area contributed by atoms with E-state index in [4.69, 9.17) is 5.73 Å². The summed E-state index contributed by atoms with van der Waals surface area (Å²) in [5.74, 6) is -1.98. The maximum Gasteiger partial charge on any atom is 0.313 e. The largest absolute Gasteiger partial charge is 0.378 e. The number of anilines is 2. The lowest BCUT2D eigenvalue weighted by molar-refractivity contribution is -0.918. The molecule has 0 saturated carbocycles. The SMILES string of the molecule is CN(C)c1ccc([C@H](CNC(=O)C(=O)Nc2ccc(C(N)=O)cc2)[NH+]2CCCC2)cc1. The van der Waals surface area contributed by atoms with Gasteiger partial charge >= 0.3 is 11.8 Å². The van der Waals surface area contributed by atoms with Gasteiger partial charge in [0.15, 0.2) is 0 Å². The molecule has 8 heteroatoms. The summed E-state index contributed by atoms with van der Waals surface area (Å²) in [4.78, 5) is 39.3. The van der Waals surface area contributed by atoms with Crippen molar-refractivity contribution >= 4 is 29.1 Å². The van der Waals surface area contributed by atoms with E-state index >= 15 is 0 Å². The molecule has 0 unspecified atom stereocenters. The molecule has 0 aliphatic carbocycles. The van der Waals surface area contributed by atoms with Crippen LogP contribution >= 0.6 is 0 Å². The average molecular weight is 425 g/mol. The monoisotopic (exact) mass is 424 g/mol. The molecule has 2 aromatic carbocycles. The standard InChI is InChI=1S/C23H29N5O3/c1-27(2)19-11-7-16(8-12-19)20(28-13-3-4-14-28)15-25-22(30)23(31)26-18-9-5-17(6-10-18)21(24)29/h5-12,20H,3-4,13-15H2,1-2H3,(H2,24,29)(H,25,30)(H,26,31)/p+1/t20-/m0/s1.